The quantitative estimate of drug-likeness (QED) is 0.724. The molecule has 0 aliphatic rings. The van der Waals surface area contributed by atoms with Crippen LogP contribution in [0.2, 0.25) is 0 Å². The number of hydrogen-bond donors (Lipinski definition) is 3. The van der Waals surface area contributed by atoms with Crippen LogP contribution in [0.4, 0.5) is 14.9 Å². The molecule has 2 aromatic carbocycles. The number of halogens is 1. The molecule has 5 nitrogen and oxygen atoms in total. The maximum absolute atomic E-state index is 13.4. The first-order valence-electron chi connectivity index (χ1n) is 8.16. The number of urea groups is 1. The predicted molar refractivity (Wildman–Crippen MR) is 99.1 cm³/mol. The molecule has 134 valence electrons. The van der Waals surface area contributed by atoms with Crippen LogP contribution >= 0.6 is 0 Å². The lowest BCUT2D eigenvalue weighted by Gasteiger charge is -2.05. The lowest BCUT2D eigenvalue weighted by atomic mass is 10.1. The number of hydrogen-bond acceptors (Lipinski definition) is 2. The average molecular weight is 353 g/mol. The summed E-state index contributed by atoms with van der Waals surface area (Å²) in [4.78, 5) is 22.9. The highest BCUT2D eigenvalue weighted by Gasteiger charge is 2.04. The Morgan fingerprint density at radius 3 is 2.50 bits per heavy atom. The minimum absolute atomic E-state index is 0.00797. The van der Waals surface area contributed by atoms with Gasteiger partial charge in [-0.05, 0) is 36.2 Å². The molecule has 0 unspecified atom stereocenters. The second kappa shape index (κ2) is 9.84. The van der Waals surface area contributed by atoms with Crippen molar-refractivity contribution in [3.63, 3.8) is 0 Å². The molecule has 6 heteroatoms. The van der Waals surface area contributed by atoms with Crippen molar-refractivity contribution in [3.8, 4) is 11.8 Å². The molecule has 0 spiro atoms. The van der Waals surface area contributed by atoms with Gasteiger partial charge in [0.2, 0.25) is 5.91 Å². The van der Waals surface area contributed by atoms with Crippen LogP contribution in [-0.4, -0.2) is 25.5 Å². The van der Waals surface area contributed by atoms with Crippen molar-refractivity contribution in [1.29, 1.82) is 0 Å². The van der Waals surface area contributed by atoms with Crippen LogP contribution in [-0.2, 0) is 11.2 Å². The maximum atomic E-state index is 13.4. The Hall–Kier alpha value is -3.33. The normalized spacial score (nSPS) is 9.62. The van der Waals surface area contributed by atoms with E-state index in [9.17, 15) is 14.0 Å². The molecule has 0 fully saturated rings. The van der Waals surface area contributed by atoms with Crippen molar-refractivity contribution in [3.05, 3.63) is 65.5 Å². The molecule has 3 N–H and O–H groups in total. The average Bonchev–Trinajstić information content (AvgIpc) is 2.66. The van der Waals surface area contributed by atoms with Crippen molar-refractivity contribution in [2.45, 2.75) is 12.8 Å². The molecule has 2 aromatic rings. The smallest absolute Gasteiger partial charge is 0.320 e. The molecule has 0 atom stereocenters. The van der Waals surface area contributed by atoms with Crippen molar-refractivity contribution in [2.24, 2.45) is 0 Å². The zero-order chi connectivity index (χ0) is 18.8. The van der Waals surface area contributed by atoms with Gasteiger partial charge in [0.1, 0.15) is 5.82 Å². The topological polar surface area (TPSA) is 70.2 Å². The highest BCUT2D eigenvalue weighted by molar-refractivity contribution is 5.89. The molecule has 3 amide bonds. The summed E-state index contributed by atoms with van der Waals surface area (Å²) in [6.07, 6.45) is 1.12. The van der Waals surface area contributed by atoms with E-state index >= 15 is 0 Å². The number of anilines is 1. The Kier molecular flexibility index (Phi) is 7.19. The first-order valence-corrected chi connectivity index (χ1v) is 8.16. The van der Waals surface area contributed by atoms with Gasteiger partial charge in [0.15, 0.2) is 0 Å². The minimum Gasteiger partial charge on any atom is -0.359 e. The summed E-state index contributed by atoms with van der Waals surface area (Å²) in [5.74, 6) is 5.28. The van der Waals surface area contributed by atoms with E-state index in [0.717, 1.165) is 11.1 Å². The molecule has 0 aliphatic carbocycles. The Labute approximate surface area is 152 Å². The number of rotatable bonds is 5. The van der Waals surface area contributed by atoms with Crippen molar-refractivity contribution < 1.29 is 14.0 Å². The third kappa shape index (κ3) is 6.29. The van der Waals surface area contributed by atoms with Gasteiger partial charge in [-0.2, -0.15) is 0 Å². The van der Waals surface area contributed by atoms with Crippen LogP contribution in [0.3, 0.4) is 0 Å². The fourth-order valence-electron chi connectivity index (χ4n) is 2.14. The Morgan fingerprint density at radius 1 is 1.08 bits per heavy atom. The van der Waals surface area contributed by atoms with E-state index in [4.69, 9.17) is 0 Å². The summed E-state index contributed by atoms with van der Waals surface area (Å²) >= 11 is 0. The molecule has 0 heterocycles. The van der Waals surface area contributed by atoms with Crippen molar-refractivity contribution >= 4 is 17.6 Å². The number of para-hydroxylation sites is 1. The van der Waals surface area contributed by atoms with Gasteiger partial charge in [-0.15, -0.1) is 0 Å². The summed E-state index contributed by atoms with van der Waals surface area (Å²) in [5.41, 5.74) is 1.98. The zero-order valence-electron chi connectivity index (χ0n) is 14.4. The van der Waals surface area contributed by atoms with Crippen LogP contribution in [0.5, 0.6) is 0 Å². The molecule has 26 heavy (non-hydrogen) atoms. The standard InChI is InChI=1S/C20H20FN3O2/c1-22-19(25)13-12-16-10-8-15(9-11-16)5-4-14-23-20(26)24-18-7-3-2-6-17(18)21/h2-3,6-11H,12-14H2,1H3,(H,22,25)(H2,23,24,26). The number of carbonyl (C=O) groups excluding carboxylic acids is 2. The van der Waals surface area contributed by atoms with Gasteiger partial charge in [-0.25, -0.2) is 9.18 Å². The SMILES string of the molecule is CNC(=O)CCc1ccc(C#CCNC(=O)Nc2ccccc2F)cc1. The van der Waals surface area contributed by atoms with Crippen LogP contribution in [0.15, 0.2) is 48.5 Å². The number of carbonyl (C=O) groups is 2. The predicted octanol–water partition coefficient (Wildman–Crippen LogP) is 2.68. The second-order valence-corrected chi connectivity index (χ2v) is 5.46. The Balaban J connectivity index is 1.78. The third-order valence-corrected chi connectivity index (χ3v) is 3.57. The van der Waals surface area contributed by atoms with Gasteiger partial charge in [-0.3, -0.25) is 4.79 Å². The van der Waals surface area contributed by atoms with Gasteiger partial charge in [-0.1, -0.05) is 36.1 Å². The zero-order valence-corrected chi connectivity index (χ0v) is 14.4. The van der Waals surface area contributed by atoms with E-state index in [1.54, 1.807) is 19.2 Å². The second-order valence-electron chi connectivity index (χ2n) is 5.46. The maximum Gasteiger partial charge on any atom is 0.320 e. The van der Waals surface area contributed by atoms with E-state index in [0.29, 0.717) is 12.8 Å². The molecule has 0 aliphatic heterocycles. The molecule has 0 bridgehead atoms. The van der Waals surface area contributed by atoms with E-state index in [1.807, 2.05) is 24.3 Å². The highest BCUT2D eigenvalue weighted by atomic mass is 19.1. The van der Waals surface area contributed by atoms with Gasteiger partial charge in [0.05, 0.1) is 12.2 Å². The Morgan fingerprint density at radius 2 is 1.81 bits per heavy atom. The molecular weight excluding hydrogens is 333 g/mol. The number of nitrogens with one attached hydrogen (secondary N) is 3. The first kappa shape index (κ1) is 19.0. The molecular formula is C20H20FN3O2. The number of aryl methyl sites for hydroxylation is 1. The van der Waals surface area contributed by atoms with E-state index in [2.05, 4.69) is 27.8 Å². The van der Waals surface area contributed by atoms with E-state index in [1.165, 1.54) is 12.1 Å². The lowest BCUT2D eigenvalue weighted by Crippen LogP contribution is -2.29. The molecule has 2 rings (SSSR count). The fourth-order valence-corrected chi connectivity index (χ4v) is 2.14. The molecule has 0 aromatic heterocycles. The van der Waals surface area contributed by atoms with E-state index < -0.39 is 11.8 Å². The van der Waals surface area contributed by atoms with Gasteiger partial charge in [0.25, 0.3) is 0 Å². The Bertz CT molecular complexity index is 823. The largest absolute Gasteiger partial charge is 0.359 e. The summed E-state index contributed by atoms with van der Waals surface area (Å²) in [7, 11) is 1.62. The monoisotopic (exact) mass is 353 g/mol. The third-order valence-electron chi connectivity index (χ3n) is 3.57. The minimum atomic E-state index is -0.519. The van der Waals surface area contributed by atoms with Gasteiger partial charge < -0.3 is 16.0 Å². The first-order chi connectivity index (χ1) is 12.6. The fraction of sp³-hybridized carbons (Fsp3) is 0.200. The van der Waals surface area contributed by atoms with Crippen molar-refractivity contribution in [1.82, 2.24) is 10.6 Å². The van der Waals surface area contributed by atoms with Gasteiger partial charge >= 0.3 is 6.03 Å². The summed E-state index contributed by atoms with van der Waals surface area (Å²) < 4.78 is 13.4. The summed E-state index contributed by atoms with van der Waals surface area (Å²) in [6, 6.07) is 13.0. The van der Waals surface area contributed by atoms with Crippen LogP contribution < -0.4 is 16.0 Å². The van der Waals surface area contributed by atoms with Crippen LogP contribution in [0.1, 0.15) is 17.5 Å². The highest BCUT2D eigenvalue weighted by Crippen LogP contribution is 2.11. The van der Waals surface area contributed by atoms with Crippen molar-refractivity contribution in [2.75, 3.05) is 18.9 Å². The summed E-state index contributed by atoms with van der Waals surface area (Å²) in [5, 5.41) is 7.55. The van der Waals surface area contributed by atoms with E-state index in [-0.39, 0.29) is 18.1 Å². The molecule has 0 saturated carbocycles. The van der Waals surface area contributed by atoms with Gasteiger partial charge in [0, 0.05) is 19.0 Å². The molecule has 0 saturated heterocycles. The number of benzene rings is 2. The van der Waals surface area contributed by atoms with Crippen LogP contribution in [0, 0.1) is 17.7 Å². The van der Waals surface area contributed by atoms with Crippen LogP contribution in [0.25, 0.3) is 0 Å². The molecule has 0 radical (unpaired) electrons. The number of amides is 3. The lowest BCUT2D eigenvalue weighted by molar-refractivity contribution is -0.120. The summed E-state index contributed by atoms with van der Waals surface area (Å²) in [6.45, 7) is 0.138.